The largest absolute Gasteiger partial charge is 0.455 e. The normalized spacial score (nSPS) is 39.0. The van der Waals surface area contributed by atoms with Crippen molar-refractivity contribution < 1.29 is 24.1 Å². The lowest BCUT2D eigenvalue weighted by atomic mass is 9.46. The van der Waals surface area contributed by atoms with Crippen LogP contribution in [0.2, 0.25) is 0 Å². The summed E-state index contributed by atoms with van der Waals surface area (Å²) in [6.07, 6.45) is 14.2. The van der Waals surface area contributed by atoms with Crippen LogP contribution in [0, 0.1) is 16.7 Å². The molecule has 0 aromatic heterocycles. The number of aliphatic hydroxyl groups is 1. The average molecular weight is 403 g/mol. The lowest BCUT2D eigenvalue weighted by molar-refractivity contribution is -0.252. The van der Waals surface area contributed by atoms with Crippen molar-refractivity contribution in [2.45, 2.75) is 65.0 Å². The molecule has 5 heteroatoms. The second kappa shape index (κ2) is 8.21. The standard InChI is InChI=1S/C24H34O5/c1-6-7-8-9-10-12-19(25)29-18-15-17-16-28-21(27-5)24(17,26)23(4)14-11-13-22(2,3)20(18)23/h6-10,12,15,18,20-21,26H,11,13-14,16H2,1-5H3/t18-,20+,21-,23+,24+/m1/s1. The fourth-order valence-corrected chi connectivity index (χ4v) is 5.86. The summed E-state index contributed by atoms with van der Waals surface area (Å²) in [6, 6.07) is 0. The van der Waals surface area contributed by atoms with E-state index in [1.807, 2.05) is 31.2 Å². The maximum Gasteiger partial charge on any atom is 0.331 e. The van der Waals surface area contributed by atoms with Crippen LogP contribution in [0.15, 0.2) is 48.1 Å². The molecule has 2 fully saturated rings. The molecule has 160 valence electrons. The minimum Gasteiger partial charge on any atom is -0.455 e. The van der Waals surface area contributed by atoms with Crippen LogP contribution in [0.3, 0.4) is 0 Å². The van der Waals surface area contributed by atoms with Crippen molar-refractivity contribution in [2.75, 3.05) is 13.7 Å². The first-order chi connectivity index (χ1) is 13.7. The summed E-state index contributed by atoms with van der Waals surface area (Å²) in [6.45, 7) is 8.72. The zero-order valence-electron chi connectivity index (χ0n) is 18.2. The van der Waals surface area contributed by atoms with E-state index in [-0.39, 0.29) is 23.9 Å². The number of carbonyl (C=O) groups excluding carboxylic acids is 1. The van der Waals surface area contributed by atoms with Gasteiger partial charge in [0.15, 0.2) is 6.29 Å². The maximum absolute atomic E-state index is 12.5. The summed E-state index contributed by atoms with van der Waals surface area (Å²) in [4.78, 5) is 12.5. The topological polar surface area (TPSA) is 65.0 Å². The maximum atomic E-state index is 12.5. The SMILES string of the molecule is CC=CC=CC=CC(=O)O[C@@H]1C=C2CO[C@@H](OC)[C@]2(O)[C@@]2(C)CCCC(C)(C)[C@H]12. The van der Waals surface area contributed by atoms with Gasteiger partial charge in [0.25, 0.3) is 0 Å². The zero-order valence-corrected chi connectivity index (χ0v) is 18.2. The Kier molecular flexibility index (Phi) is 6.23. The summed E-state index contributed by atoms with van der Waals surface area (Å²) in [7, 11) is 1.57. The van der Waals surface area contributed by atoms with Gasteiger partial charge in [0.2, 0.25) is 0 Å². The molecule has 29 heavy (non-hydrogen) atoms. The molecule has 5 nitrogen and oxygen atoms in total. The molecule has 1 aliphatic heterocycles. The van der Waals surface area contributed by atoms with Crippen LogP contribution < -0.4 is 0 Å². The molecule has 0 unspecified atom stereocenters. The molecular weight excluding hydrogens is 368 g/mol. The van der Waals surface area contributed by atoms with Gasteiger partial charge < -0.3 is 19.3 Å². The summed E-state index contributed by atoms with van der Waals surface area (Å²) in [5.74, 6) is -0.430. The van der Waals surface area contributed by atoms with E-state index >= 15 is 0 Å². The summed E-state index contributed by atoms with van der Waals surface area (Å²) >= 11 is 0. The molecule has 3 rings (SSSR count). The van der Waals surface area contributed by atoms with Gasteiger partial charge in [-0.05, 0) is 36.8 Å². The molecule has 5 atom stereocenters. The van der Waals surface area contributed by atoms with Gasteiger partial charge in [0.05, 0.1) is 6.61 Å². The Morgan fingerprint density at radius 1 is 1.21 bits per heavy atom. The Balaban J connectivity index is 1.94. The van der Waals surface area contributed by atoms with Crippen molar-refractivity contribution in [2.24, 2.45) is 16.7 Å². The number of fused-ring (bicyclic) bond motifs is 3. The molecule has 1 saturated carbocycles. The second-order valence-corrected chi connectivity index (χ2v) is 9.25. The highest BCUT2D eigenvalue weighted by Gasteiger charge is 2.68. The number of carbonyl (C=O) groups is 1. The first-order valence-corrected chi connectivity index (χ1v) is 10.5. The van der Waals surface area contributed by atoms with Gasteiger partial charge in [0.1, 0.15) is 11.7 Å². The number of rotatable bonds is 5. The van der Waals surface area contributed by atoms with Crippen molar-refractivity contribution in [3.8, 4) is 0 Å². The number of ether oxygens (including phenoxy) is 3. The van der Waals surface area contributed by atoms with Crippen LogP contribution in [0.25, 0.3) is 0 Å². The van der Waals surface area contributed by atoms with E-state index in [4.69, 9.17) is 14.2 Å². The first-order valence-electron chi connectivity index (χ1n) is 10.5. The predicted molar refractivity (Wildman–Crippen MR) is 112 cm³/mol. The van der Waals surface area contributed by atoms with E-state index in [1.54, 1.807) is 19.3 Å². The van der Waals surface area contributed by atoms with Crippen LogP contribution in [0.5, 0.6) is 0 Å². The van der Waals surface area contributed by atoms with E-state index in [9.17, 15) is 9.90 Å². The molecule has 0 aromatic rings. The van der Waals surface area contributed by atoms with Gasteiger partial charge >= 0.3 is 5.97 Å². The quantitative estimate of drug-likeness (QED) is 0.325. The lowest BCUT2D eigenvalue weighted by Gasteiger charge is -2.61. The summed E-state index contributed by atoms with van der Waals surface area (Å²) in [5.41, 5.74) is -1.07. The number of hydrogen-bond acceptors (Lipinski definition) is 5. The third-order valence-electron chi connectivity index (χ3n) is 7.06. The highest BCUT2D eigenvalue weighted by molar-refractivity contribution is 5.82. The van der Waals surface area contributed by atoms with Gasteiger partial charge in [0, 0.05) is 24.5 Å². The number of methoxy groups -OCH3 is 1. The molecule has 0 spiro atoms. The zero-order chi connectivity index (χ0) is 21.3. The molecule has 1 heterocycles. The van der Waals surface area contributed by atoms with E-state index in [0.717, 1.165) is 24.8 Å². The van der Waals surface area contributed by atoms with Crippen LogP contribution >= 0.6 is 0 Å². The van der Waals surface area contributed by atoms with Crippen LogP contribution in [0.4, 0.5) is 0 Å². The Morgan fingerprint density at radius 2 is 1.93 bits per heavy atom. The molecule has 0 amide bonds. The Bertz CT molecular complexity index is 746. The molecule has 0 bridgehead atoms. The summed E-state index contributed by atoms with van der Waals surface area (Å²) in [5, 5.41) is 11.8. The first kappa shape index (κ1) is 22.0. The summed E-state index contributed by atoms with van der Waals surface area (Å²) < 4.78 is 17.2. The number of allylic oxidation sites excluding steroid dienone is 5. The van der Waals surface area contributed by atoms with E-state index in [0.29, 0.717) is 0 Å². The van der Waals surface area contributed by atoms with E-state index in [2.05, 4.69) is 20.8 Å². The molecule has 0 radical (unpaired) electrons. The lowest BCUT2D eigenvalue weighted by Crippen LogP contribution is -2.66. The van der Waals surface area contributed by atoms with Crippen LogP contribution in [0.1, 0.15) is 47.0 Å². The number of hydrogen-bond donors (Lipinski definition) is 1. The minimum atomic E-state index is -1.21. The van der Waals surface area contributed by atoms with Gasteiger partial charge in [-0.2, -0.15) is 0 Å². The van der Waals surface area contributed by atoms with Gasteiger partial charge in [-0.1, -0.05) is 57.6 Å². The van der Waals surface area contributed by atoms with Crippen molar-refractivity contribution in [3.63, 3.8) is 0 Å². The van der Waals surface area contributed by atoms with Crippen molar-refractivity contribution in [1.29, 1.82) is 0 Å². The van der Waals surface area contributed by atoms with Gasteiger partial charge in [-0.3, -0.25) is 0 Å². The second-order valence-electron chi connectivity index (χ2n) is 9.25. The Hall–Kier alpha value is -1.69. The van der Waals surface area contributed by atoms with E-state index in [1.165, 1.54) is 6.08 Å². The third kappa shape index (κ3) is 3.65. The predicted octanol–water partition coefficient (Wildman–Crippen LogP) is 4.09. The van der Waals surface area contributed by atoms with Crippen molar-refractivity contribution in [1.82, 2.24) is 0 Å². The highest BCUT2D eigenvalue weighted by atomic mass is 16.7. The number of esters is 1. The average Bonchev–Trinajstić information content (AvgIpc) is 2.98. The molecule has 2 aliphatic carbocycles. The van der Waals surface area contributed by atoms with Gasteiger partial charge in [-0.25, -0.2) is 4.79 Å². The molecular formula is C24H34O5. The monoisotopic (exact) mass is 402 g/mol. The smallest absolute Gasteiger partial charge is 0.331 e. The van der Waals surface area contributed by atoms with Crippen LogP contribution in [-0.2, 0) is 19.0 Å². The van der Waals surface area contributed by atoms with Crippen LogP contribution in [-0.4, -0.2) is 42.8 Å². The minimum absolute atomic E-state index is 0.0484. The third-order valence-corrected chi connectivity index (χ3v) is 7.06. The molecule has 1 N–H and O–H groups in total. The highest BCUT2D eigenvalue weighted by Crippen LogP contribution is 2.64. The van der Waals surface area contributed by atoms with Crippen molar-refractivity contribution in [3.05, 3.63) is 48.1 Å². The fourth-order valence-electron chi connectivity index (χ4n) is 5.86. The Morgan fingerprint density at radius 3 is 2.62 bits per heavy atom. The van der Waals surface area contributed by atoms with E-state index < -0.39 is 23.4 Å². The van der Waals surface area contributed by atoms with Gasteiger partial charge in [-0.15, -0.1) is 0 Å². The van der Waals surface area contributed by atoms with Crippen molar-refractivity contribution >= 4 is 5.97 Å². The fraction of sp³-hybridized carbons (Fsp3) is 0.625. The molecule has 1 saturated heterocycles. The molecule has 3 aliphatic rings. The molecule has 0 aromatic carbocycles. The Labute approximate surface area is 174 Å².